The minimum Gasteiger partial charge on any atom is -0.452 e. The molecule has 0 saturated heterocycles. The predicted molar refractivity (Wildman–Crippen MR) is 38.7 cm³/mol. The first-order chi connectivity index (χ1) is 5.20. The largest absolute Gasteiger partial charge is 0.452 e. The lowest BCUT2D eigenvalue weighted by atomic mass is 11.2. The van der Waals surface area contributed by atoms with Gasteiger partial charge >= 0.3 is 12.2 Å². The van der Waals surface area contributed by atoms with Gasteiger partial charge in [-0.25, -0.2) is 19.0 Å². The Kier molecular flexibility index (Phi) is 5.09. The van der Waals surface area contributed by atoms with Crippen LogP contribution >= 0.6 is 12.1 Å². The van der Waals surface area contributed by atoms with Gasteiger partial charge < -0.3 is 9.47 Å². The Morgan fingerprint density at radius 1 is 1.09 bits per heavy atom. The monoisotopic (exact) mass is 180 g/mol. The summed E-state index contributed by atoms with van der Waals surface area (Å²) in [6.45, 7) is 0. The van der Waals surface area contributed by atoms with Gasteiger partial charge in [0.2, 0.25) is 0 Å². The van der Waals surface area contributed by atoms with Crippen LogP contribution in [0, 0.1) is 0 Å². The number of carbonyl (C=O) groups excluding carboxylic acids is 2. The van der Waals surface area contributed by atoms with Crippen molar-refractivity contribution in [3.05, 3.63) is 0 Å². The van der Waals surface area contributed by atoms with Crippen LogP contribution in [-0.4, -0.2) is 26.4 Å². The second kappa shape index (κ2) is 5.66. The molecule has 0 aliphatic carbocycles. The topological polar surface area (TPSA) is 76.7 Å². The number of nitrogens with one attached hydrogen (secondary N) is 2. The molecule has 2 amide bonds. The standard InChI is InChI=1S/C4H8N2O4S/c1-9-3(7)5-11-6-4(8)10-2/h1-2H3,(H,5,7)(H,6,8). The van der Waals surface area contributed by atoms with Crippen molar-refractivity contribution in [2.75, 3.05) is 14.2 Å². The lowest BCUT2D eigenvalue weighted by Gasteiger charge is -2.01. The summed E-state index contributed by atoms with van der Waals surface area (Å²) in [5, 5.41) is 0. The molecule has 2 N–H and O–H groups in total. The first kappa shape index (κ1) is 9.89. The van der Waals surface area contributed by atoms with Crippen molar-refractivity contribution in [2.24, 2.45) is 0 Å². The summed E-state index contributed by atoms with van der Waals surface area (Å²) in [5.74, 6) is 0. The van der Waals surface area contributed by atoms with Crippen molar-refractivity contribution >= 4 is 24.3 Å². The van der Waals surface area contributed by atoms with Gasteiger partial charge in [-0.15, -0.1) is 0 Å². The van der Waals surface area contributed by atoms with Crippen molar-refractivity contribution in [1.29, 1.82) is 0 Å². The highest BCUT2D eigenvalue weighted by Gasteiger charge is 2.00. The van der Waals surface area contributed by atoms with Gasteiger partial charge in [0, 0.05) is 0 Å². The Balaban J connectivity index is 3.27. The van der Waals surface area contributed by atoms with E-state index in [0.717, 1.165) is 0 Å². The zero-order valence-electron chi connectivity index (χ0n) is 6.04. The number of carbonyl (C=O) groups is 2. The van der Waals surface area contributed by atoms with Gasteiger partial charge in [-0.3, -0.25) is 0 Å². The molecule has 0 radical (unpaired) electrons. The fraction of sp³-hybridized carbons (Fsp3) is 0.500. The highest BCUT2D eigenvalue weighted by molar-refractivity contribution is 7.96. The Bertz CT molecular complexity index is 135. The Hall–Kier alpha value is -1.11. The van der Waals surface area contributed by atoms with E-state index in [2.05, 4.69) is 18.9 Å². The van der Waals surface area contributed by atoms with Gasteiger partial charge in [-0.1, -0.05) is 0 Å². The van der Waals surface area contributed by atoms with Crippen LogP contribution in [0.5, 0.6) is 0 Å². The normalized spacial score (nSPS) is 8.18. The van der Waals surface area contributed by atoms with E-state index in [9.17, 15) is 9.59 Å². The molecule has 0 aromatic heterocycles. The second-order valence-electron chi connectivity index (χ2n) is 1.29. The van der Waals surface area contributed by atoms with Gasteiger partial charge in [-0.05, 0) is 0 Å². The molecular formula is C4H8N2O4S. The quantitative estimate of drug-likeness (QED) is 0.596. The zero-order valence-corrected chi connectivity index (χ0v) is 6.86. The molecule has 0 rings (SSSR count). The van der Waals surface area contributed by atoms with E-state index in [0.29, 0.717) is 12.1 Å². The van der Waals surface area contributed by atoms with Gasteiger partial charge in [0.05, 0.1) is 26.4 Å². The van der Waals surface area contributed by atoms with Crippen LogP contribution in [0.2, 0.25) is 0 Å². The number of hydrogen-bond donors (Lipinski definition) is 2. The van der Waals surface area contributed by atoms with E-state index in [-0.39, 0.29) is 0 Å². The van der Waals surface area contributed by atoms with Gasteiger partial charge in [0.25, 0.3) is 0 Å². The summed E-state index contributed by atoms with van der Waals surface area (Å²) in [4.78, 5) is 20.7. The fourth-order valence-electron chi connectivity index (χ4n) is 0.192. The molecule has 0 saturated carbocycles. The number of rotatable bonds is 2. The number of amides is 2. The van der Waals surface area contributed by atoms with Crippen LogP contribution < -0.4 is 9.44 Å². The van der Waals surface area contributed by atoms with Crippen molar-refractivity contribution in [3.8, 4) is 0 Å². The Labute approximate surface area is 67.9 Å². The average molecular weight is 180 g/mol. The molecule has 11 heavy (non-hydrogen) atoms. The maximum Gasteiger partial charge on any atom is 0.418 e. The third-order valence-corrected chi connectivity index (χ3v) is 1.18. The first-order valence-electron chi connectivity index (χ1n) is 2.54. The maximum absolute atomic E-state index is 10.3. The highest BCUT2D eigenvalue weighted by Crippen LogP contribution is 1.87. The van der Waals surface area contributed by atoms with E-state index in [1.54, 1.807) is 0 Å². The second-order valence-corrected chi connectivity index (χ2v) is 1.90. The molecule has 0 atom stereocenters. The van der Waals surface area contributed by atoms with Crippen molar-refractivity contribution < 1.29 is 19.1 Å². The zero-order chi connectivity index (χ0) is 8.69. The van der Waals surface area contributed by atoms with Crippen LogP contribution in [0.25, 0.3) is 0 Å². The molecule has 64 valence electrons. The van der Waals surface area contributed by atoms with Crippen LogP contribution in [0.3, 0.4) is 0 Å². The van der Waals surface area contributed by atoms with E-state index in [4.69, 9.17) is 0 Å². The van der Waals surface area contributed by atoms with Gasteiger partial charge in [0.15, 0.2) is 0 Å². The third kappa shape index (κ3) is 5.34. The number of methoxy groups -OCH3 is 2. The predicted octanol–water partition coefficient (Wildman–Crippen LogP) is 0.262. The summed E-state index contributed by atoms with van der Waals surface area (Å²) in [6, 6.07) is 0. The maximum atomic E-state index is 10.3. The van der Waals surface area contributed by atoms with Gasteiger partial charge in [-0.2, -0.15) is 0 Å². The summed E-state index contributed by atoms with van der Waals surface area (Å²) in [7, 11) is 2.43. The average Bonchev–Trinajstić information content (AvgIpc) is 2.04. The van der Waals surface area contributed by atoms with Crippen molar-refractivity contribution in [3.63, 3.8) is 0 Å². The third-order valence-electron chi connectivity index (χ3n) is 0.640. The molecule has 0 aliphatic heterocycles. The molecule has 0 aromatic rings. The smallest absolute Gasteiger partial charge is 0.418 e. The van der Waals surface area contributed by atoms with E-state index in [1.165, 1.54) is 14.2 Å². The number of hydrogen-bond acceptors (Lipinski definition) is 5. The Morgan fingerprint density at radius 2 is 1.45 bits per heavy atom. The van der Waals surface area contributed by atoms with Crippen LogP contribution in [-0.2, 0) is 9.47 Å². The molecule has 0 aromatic carbocycles. The summed E-state index contributed by atoms with van der Waals surface area (Å²) >= 11 is 0.670. The molecule has 0 bridgehead atoms. The molecular weight excluding hydrogens is 172 g/mol. The first-order valence-corrected chi connectivity index (χ1v) is 3.36. The lowest BCUT2D eigenvalue weighted by Crippen LogP contribution is -2.24. The van der Waals surface area contributed by atoms with Crippen molar-refractivity contribution in [2.45, 2.75) is 0 Å². The van der Waals surface area contributed by atoms with Crippen LogP contribution in [0.4, 0.5) is 9.59 Å². The summed E-state index contributed by atoms with van der Waals surface area (Å²) in [6.07, 6.45) is -1.29. The SMILES string of the molecule is COC(=O)NSNC(=O)OC. The molecule has 7 heteroatoms. The molecule has 0 unspecified atom stereocenters. The fourth-order valence-corrected chi connectivity index (χ4v) is 0.577. The van der Waals surface area contributed by atoms with Crippen molar-refractivity contribution in [1.82, 2.24) is 9.44 Å². The van der Waals surface area contributed by atoms with Crippen LogP contribution in [0.15, 0.2) is 0 Å². The lowest BCUT2D eigenvalue weighted by molar-refractivity contribution is 0.177. The van der Waals surface area contributed by atoms with Gasteiger partial charge in [0.1, 0.15) is 0 Å². The highest BCUT2D eigenvalue weighted by atomic mass is 32.2. The van der Waals surface area contributed by atoms with Crippen LogP contribution in [0.1, 0.15) is 0 Å². The molecule has 6 nitrogen and oxygen atoms in total. The molecule has 0 aliphatic rings. The number of ether oxygens (including phenoxy) is 2. The van der Waals surface area contributed by atoms with E-state index in [1.807, 2.05) is 0 Å². The van der Waals surface area contributed by atoms with E-state index >= 15 is 0 Å². The summed E-state index contributed by atoms with van der Waals surface area (Å²) in [5.41, 5.74) is 0. The van der Waals surface area contributed by atoms with E-state index < -0.39 is 12.2 Å². The minimum atomic E-state index is -0.647. The minimum absolute atomic E-state index is 0.647. The Morgan fingerprint density at radius 3 is 1.73 bits per heavy atom. The molecule has 0 fully saturated rings. The molecule has 0 spiro atoms. The summed E-state index contributed by atoms with van der Waals surface area (Å²) < 4.78 is 12.7. The molecule has 0 heterocycles.